The van der Waals surface area contributed by atoms with Gasteiger partial charge < -0.3 is 14.4 Å². The van der Waals surface area contributed by atoms with E-state index in [4.69, 9.17) is 4.74 Å². The van der Waals surface area contributed by atoms with Gasteiger partial charge in [-0.2, -0.15) is 0 Å². The standard InChI is InChI=1S/C16H18N2O7/c1-24-15(20)11-7-12(9-13(8-11)18(22)23)16(21)25-10-14(19)17-5-3-2-4-6-17/h7-9H,2-6,10H2,1H3. The first-order valence-electron chi connectivity index (χ1n) is 7.75. The fourth-order valence-electron chi connectivity index (χ4n) is 2.52. The summed E-state index contributed by atoms with van der Waals surface area (Å²) in [5.74, 6) is -2.05. The van der Waals surface area contributed by atoms with Crippen LogP contribution in [0.15, 0.2) is 18.2 Å². The fraction of sp³-hybridized carbons (Fsp3) is 0.438. The molecule has 0 aromatic heterocycles. The number of hydrogen-bond donors (Lipinski definition) is 0. The number of carbonyl (C=O) groups is 3. The maximum absolute atomic E-state index is 12.1. The average Bonchev–Trinajstić information content (AvgIpc) is 2.65. The van der Waals surface area contributed by atoms with Crippen LogP contribution in [0.3, 0.4) is 0 Å². The van der Waals surface area contributed by atoms with Crippen molar-refractivity contribution in [2.75, 3.05) is 26.8 Å². The second-order valence-electron chi connectivity index (χ2n) is 5.53. The van der Waals surface area contributed by atoms with Crippen molar-refractivity contribution in [2.45, 2.75) is 19.3 Å². The van der Waals surface area contributed by atoms with Crippen LogP contribution < -0.4 is 0 Å². The van der Waals surface area contributed by atoms with Crippen LogP contribution in [0.5, 0.6) is 0 Å². The highest BCUT2D eigenvalue weighted by Gasteiger charge is 2.21. The molecule has 9 nitrogen and oxygen atoms in total. The SMILES string of the molecule is COC(=O)c1cc(C(=O)OCC(=O)N2CCCCC2)cc([N+](=O)[O-])c1. The molecular formula is C16H18N2O7. The van der Waals surface area contributed by atoms with Gasteiger partial charge in [-0.1, -0.05) is 0 Å². The van der Waals surface area contributed by atoms with Crippen LogP contribution in [0.4, 0.5) is 5.69 Å². The van der Waals surface area contributed by atoms with E-state index < -0.39 is 29.2 Å². The number of amides is 1. The predicted octanol–water partition coefficient (Wildman–Crippen LogP) is 1.55. The number of likely N-dealkylation sites (tertiary alicyclic amines) is 1. The molecule has 0 atom stereocenters. The smallest absolute Gasteiger partial charge is 0.338 e. The van der Waals surface area contributed by atoms with E-state index in [9.17, 15) is 24.5 Å². The van der Waals surface area contributed by atoms with E-state index in [1.165, 1.54) is 0 Å². The van der Waals surface area contributed by atoms with E-state index in [0.717, 1.165) is 44.6 Å². The number of methoxy groups -OCH3 is 1. The van der Waals surface area contributed by atoms with Crippen molar-refractivity contribution in [3.63, 3.8) is 0 Å². The van der Waals surface area contributed by atoms with Crippen LogP contribution in [0.2, 0.25) is 0 Å². The number of piperidine rings is 1. The molecule has 1 saturated heterocycles. The van der Waals surface area contributed by atoms with Gasteiger partial charge in [0.05, 0.1) is 23.2 Å². The number of esters is 2. The number of hydrogen-bond acceptors (Lipinski definition) is 7. The van der Waals surface area contributed by atoms with Crippen molar-refractivity contribution in [1.82, 2.24) is 4.90 Å². The Kier molecular flexibility index (Phi) is 6.04. The number of carbonyl (C=O) groups excluding carboxylic acids is 3. The largest absolute Gasteiger partial charge is 0.465 e. The highest BCUT2D eigenvalue weighted by Crippen LogP contribution is 2.19. The molecule has 1 aliphatic rings. The van der Waals surface area contributed by atoms with E-state index in [2.05, 4.69) is 4.74 Å². The lowest BCUT2D eigenvalue weighted by Crippen LogP contribution is -2.38. The summed E-state index contributed by atoms with van der Waals surface area (Å²) in [5.41, 5.74) is -0.788. The monoisotopic (exact) mass is 350 g/mol. The van der Waals surface area contributed by atoms with Crippen molar-refractivity contribution in [1.29, 1.82) is 0 Å². The zero-order chi connectivity index (χ0) is 18.4. The third-order valence-electron chi connectivity index (χ3n) is 3.82. The van der Waals surface area contributed by atoms with Crippen LogP contribution in [-0.2, 0) is 14.3 Å². The van der Waals surface area contributed by atoms with Gasteiger partial charge in [0.15, 0.2) is 6.61 Å². The number of nitrogens with zero attached hydrogens (tertiary/aromatic N) is 2. The molecular weight excluding hydrogens is 332 g/mol. The maximum Gasteiger partial charge on any atom is 0.338 e. The quantitative estimate of drug-likeness (QED) is 0.449. The molecule has 134 valence electrons. The van der Waals surface area contributed by atoms with Gasteiger partial charge in [-0.3, -0.25) is 14.9 Å². The number of nitro benzene ring substituents is 1. The molecule has 0 saturated carbocycles. The molecule has 1 aromatic rings. The Labute approximate surface area is 143 Å². The first-order valence-corrected chi connectivity index (χ1v) is 7.75. The van der Waals surface area contributed by atoms with Crippen molar-refractivity contribution in [3.8, 4) is 0 Å². The summed E-state index contributed by atoms with van der Waals surface area (Å²) in [6, 6.07) is 3.12. The van der Waals surface area contributed by atoms with Crippen LogP contribution in [0.1, 0.15) is 40.0 Å². The topological polar surface area (TPSA) is 116 Å². The van der Waals surface area contributed by atoms with E-state index in [1.54, 1.807) is 4.90 Å². The molecule has 9 heteroatoms. The average molecular weight is 350 g/mol. The Morgan fingerprint density at radius 1 is 1.08 bits per heavy atom. The molecule has 0 bridgehead atoms. The van der Waals surface area contributed by atoms with Gasteiger partial charge in [0.2, 0.25) is 0 Å². The molecule has 1 amide bonds. The first-order chi connectivity index (χ1) is 11.9. The van der Waals surface area contributed by atoms with Crippen molar-refractivity contribution in [2.24, 2.45) is 0 Å². The van der Waals surface area contributed by atoms with Gasteiger partial charge in [-0.05, 0) is 25.3 Å². The third kappa shape index (κ3) is 4.75. The Morgan fingerprint density at radius 2 is 1.68 bits per heavy atom. The number of rotatable bonds is 5. The molecule has 0 N–H and O–H groups in total. The van der Waals surface area contributed by atoms with Crippen LogP contribution in [0, 0.1) is 10.1 Å². The molecule has 0 unspecified atom stereocenters. The highest BCUT2D eigenvalue weighted by molar-refractivity contribution is 5.97. The summed E-state index contributed by atoms with van der Waals surface area (Å²) in [6.45, 7) is 0.800. The van der Waals surface area contributed by atoms with E-state index in [-0.39, 0.29) is 17.0 Å². The second-order valence-corrected chi connectivity index (χ2v) is 5.53. The first kappa shape index (κ1) is 18.4. The van der Waals surface area contributed by atoms with Gasteiger partial charge in [0, 0.05) is 25.2 Å². The second kappa shape index (κ2) is 8.22. The minimum absolute atomic E-state index is 0.147. The number of nitro groups is 1. The lowest BCUT2D eigenvalue weighted by atomic mass is 10.1. The van der Waals surface area contributed by atoms with Crippen LogP contribution >= 0.6 is 0 Å². The van der Waals surface area contributed by atoms with Crippen molar-refractivity contribution >= 4 is 23.5 Å². The molecule has 1 aliphatic heterocycles. The van der Waals surface area contributed by atoms with Crippen LogP contribution in [0.25, 0.3) is 0 Å². The van der Waals surface area contributed by atoms with Gasteiger partial charge in [-0.25, -0.2) is 9.59 Å². The Hall–Kier alpha value is -2.97. The molecule has 2 rings (SSSR count). The molecule has 0 spiro atoms. The zero-order valence-electron chi connectivity index (χ0n) is 13.7. The molecule has 0 radical (unpaired) electrons. The maximum atomic E-state index is 12.1. The third-order valence-corrected chi connectivity index (χ3v) is 3.82. The van der Waals surface area contributed by atoms with Crippen LogP contribution in [-0.4, -0.2) is 54.5 Å². The van der Waals surface area contributed by atoms with E-state index >= 15 is 0 Å². The normalized spacial score (nSPS) is 13.9. The summed E-state index contributed by atoms with van der Waals surface area (Å²) in [4.78, 5) is 47.5. The van der Waals surface area contributed by atoms with Crippen molar-refractivity contribution < 1.29 is 28.8 Å². The van der Waals surface area contributed by atoms with Gasteiger partial charge in [-0.15, -0.1) is 0 Å². The summed E-state index contributed by atoms with van der Waals surface area (Å²) in [6.07, 6.45) is 2.88. The Balaban J connectivity index is 2.09. The summed E-state index contributed by atoms with van der Waals surface area (Å²) < 4.78 is 9.45. The summed E-state index contributed by atoms with van der Waals surface area (Å²) >= 11 is 0. The Bertz CT molecular complexity index is 696. The molecule has 1 fully saturated rings. The van der Waals surface area contributed by atoms with Gasteiger partial charge in [0.1, 0.15) is 0 Å². The fourth-order valence-corrected chi connectivity index (χ4v) is 2.52. The Morgan fingerprint density at radius 3 is 2.24 bits per heavy atom. The molecule has 1 heterocycles. The number of non-ortho nitro benzene ring substituents is 1. The van der Waals surface area contributed by atoms with E-state index in [1.807, 2.05) is 0 Å². The summed E-state index contributed by atoms with van der Waals surface area (Å²) in [7, 11) is 1.12. The van der Waals surface area contributed by atoms with Gasteiger partial charge >= 0.3 is 11.9 Å². The lowest BCUT2D eigenvalue weighted by Gasteiger charge is -2.26. The molecule has 1 aromatic carbocycles. The minimum atomic E-state index is -0.917. The zero-order valence-corrected chi connectivity index (χ0v) is 13.7. The predicted molar refractivity (Wildman–Crippen MR) is 85.1 cm³/mol. The number of benzene rings is 1. The van der Waals surface area contributed by atoms with Crippen molar-refractivity contribution in [3.05, 3.63) is 39.4 Å². The highest BCUT2D eigenvalue weighted by atomic mass is 16.6. The van der Waals surface area contributed by atoms with Gasteiger partial charge in [0.25, 0.3) is 11.6 Å². The van der Waals surface area contributed by atoms with E-state index in [0.29, 0.717) is 13.1 Å². The molecule has 25 heavy (non-hydrogen) atoms. The molecule has 0 aliphatic carbocycles. The number of ether oxygens (including phenoxy) is 2. The minimum Gasteiger partial charge on any atom is -0.465 e. The lowest BCUT2D eigenvalue weighted by molar-refractivity contribution is -0.384. The summed E-state index contributed by atoms with van der Waals surface area (Å²) in [5, 5.41) is 11.0.